The molecule has 8 nitrogen and oxygen atoms in total. The minimum Gasteiger partial charge on any atom is -0.395 e. The summed E-state index contributed by atoms with van der Waals surface area (Å²) in [7, 11) is -3.19. The monoisotopic (exact) mass is 303 g/mol. The Labute approximate surface area is 118 Å². The van der Waals surface area contributed by atoms with Gasteiger partial charge in [-0.1, -0.05) is 13.3 Å². The summed E-state index contributed by atoms with van der Waals surface area (Å²) in [4.78, 5) is 11.8. The number of nitrogens with two attached hydrogens (primary N) is 1. The van der Waals surface area contributed by atoms with Gasteiger partial charge in [0.2, 0.25) is 10.0 Å². The standard InChI is InChI=1S/C11H21N5O3S/c1-3-5-8-9(12)10(16-15-8)11(17)13-6-4-7-14-20(2,18)19/h14H,3-7,12H2,1-2H3,(H,13,17)(H,15,16). The van der Waals surface area contributed by atoms with E-state index in [1.807, 2.05) is 6.92 Å². The number of nitrogens with one attached hydrogen (secondary N) is 3. The Morgan fingerprint density at radius 1 is 1.40 bits per heavy atom. The zero-order valence-electron chi connectivity index (χ0n) is 11.7. The number of H-pyrrole nitrogens is 1. The van der Waals surface area contributed by atoms with Crippen molar-refractivity contribution in [2.45, 2.75) is 26.2 Å². The summed E-state index contributed by atoms with van der Waals surface area (Å²) >= 11 is 0. The lowest BCUT2D eigenvalue weighted by Gasteiger charge is -2.04. The van der Waals surface area contributed by atoms with E-state index in [0.717, 1.165) is 24.8 Å². The fraction of sp³-hybridized carbons (Fsp3) is 0.636. The van der Waals surface area contributed by atoms with Crippen LogP contribution < -0.4 is 15.8 Å². The van der Waals surface area contributed by atoms with E-state index in [2.05, 4.69) is 20.2 Å². The van der Waals surface area contributed by atoms with Crippen molar-refractivity contribution in [1.82, 2.24) is 20.2 Å². The van der Waals surface area contributed by atoms with Crippen LogP contribution in [0.15, 0.2) is 0 Å². The average molecular weight is 303 g/mol. The van der Waals surface area contributed by atoms with Gasteiger partial charge < -0.3 is 11.1 Å². The van der Waals surface area contributed by atoms with Crippen molar-refractivity contribution in [2.24, 2.45) is 0 Å². The van der Waals surface area contributed by atoms with Gasteiger partial charge in [0.25, 0.3) is 5.91 Å². The lowest BCUT2D eigenvalue weighted by atomic mass is 10.2. The van der Waals surface area contributed by atoms with Gasteiger partial charge in [0.15, 0.2) is 5.69 Å². The maximum absolute atomic E-state index is 11.8. The molecule has 0 bridgehead atoms. The summed E-state index contributed by atoms with van der Waals surface area (Å²) in [5, 5.41) is 9.29. The van der Waals surface area contributed by atoms with Crippen LogP contribution in [0.5, 0.6) is 0 Å². The second-order valence-electron chi connectivity index (χ2n) is 4.49. The Bertz CT molecular complexity index is 552. The number of sulfonamides is 1. The molecule has 0 atom stereocenters. The summed E-state index contributed by atoms with van der Waals surface area (Å²) in [5.74, 6) is -0.361. The van der Waals surface area contributed by atoms with Crippen LogP contribution in [0, 0.1) is 0 Å². The molecule has 0 fully saturated rings. The largest absolute Gasteiger partial charge is 0.395 e. The number of carbonyl (C=O) groups is 1. The van der Waals surface area contributed by atoms with E-state index in [-0.39, 0.29) is 18.1 Å². The Kier molecular flexibility index (Phi) is 5.96. The maximum atomic E-state index is 11.8. The summed E-state index contributed by atoms with van der Waals surface area (Å²) in [6.45, 7) is 2.63. The number of carbonyl (C=O) groups excluding carboxylic acids is 1. The van der Waals surface area contributed by atoms with E-state index in [1.165, 1.54) is 0 Å². The molecule has 1 aromatic heterocycles. The number of nitrogen functional groups attached to an aromatic ring is 1. The molecule has 1 aromatic rings. The van der Waals surface area contributed by atoms with E-state index in [4.69, 9.17) is 5.73 Å². The molecule has 0 spiro atoms. The van der Waals surface area contributed by atoms with Gasteiger partial charge >= 0.3 is 0 Å². The quantitative estimate of drug-likeness (QED) is 0.486. The molecule has 0 aliphatic heterocycles. The van der Waals surface area contributed by atoms with Crippen LogP contribution in [0.3, 0.4) is 0 Å². The molecule has 0 aromatic carbocycles. The molecule has 0 saturated heterocycles. The molecule has 0 unspecified atom stereocenters. The number of amides is 1. The number of aromatic nitrogens is 2. The molecular weight excluding hydrogens is 282 g/mol. The van der Waals surface area contributed by atoms with Crippen molar-refractivity contribution in [2.75, 3.05) is 25.1 Å². The fourth-order valence-corrected chi connectivity index (χ4v) is 2.15. The number of hydrogen-bond donors (Lipinski definition) is 4. The number of hydrogen-bond acceptors (Lipinski definition) is 5. The Morgan fingerprint density at radius 3 is 2.70 bits per heavy atom. The molecule has 0 radical (unpaired) electrons. The van der Waals surface area contributed by atoms with Gasteiger partial charge in [0.05, 0.1) is 17.6 Å². The topological polar surface area (TPSA) is 130 Å². The van der Waals surface area contributed by atoms with Gasteiger partial charge in [-0.25, -0.2) is 13.1 Å². The first-order chi connectivity index (χ1) is 9.35. The third-order valence-corrected chi connectivity index (χ3v) is 3.33. The van der Waals surface area contributed by atoms with Crippen LogP contribution in [-0.2, 0) is 16.4 Å². The van der Waals surface area contributed by atoms with E-state index in [1.54, 1.807) is 0 Å². The third kappa shape index (κ3) is 5.17. The molecule has 0 aliphatic carbocycles. The van der Waals surface area contributed by atoms with E-state index >= 15 is 0 Å². The first-order valence-corrected chi connectivity index (χ1v) is 8.29. The van der Waals surface area contributed by atoms with Crippen molar-refractivity contribution >= 4 is 21.6 Å². The van der Waals surface area contributed by atoms with Crippen molar-refractivity contribution in [3.63, 3.8) is 0 Å². The Balaban J connectivity index is 2.40. The molecular formula is C11H21N5O3S. The van der Waals surface area contributed by atoms with Crippen LogP contribution in [0.1, 0.15) is 35.9 Å². The Hall–Kier alpha value is -1.61. The van der Waals surface area contributed by atoms with Crippen molar-refractivity contribution in [3.8, 4) is 0 Å². The van der Waals surface area contributed by atoms with Gasteiger partial charge in [-0.15, -0.1) is 0 Å². The number of nitrogens with zero attached hydrogens (tertiary/aromatic N) is 1. The molecule has 1 rings (SSSR count). The highest BCUT2D eigenvalue weighted by Crippen LogP contribution is 2.15. The average Bonchev–Trinajstić information content (AvgIpc) is 2.70. The zero-order valence-corrected chi connectivity index (χ0v) is 12.5. The van der Waals surface area contributed by atoms with Crippen molar-refractivity contribution in [3.05, 3.63) is 11.4 Å². The summed E-state index contributed by atoms with van der Waals surface area (Å²) < 4.78 is 24.0. The molecule has 114 valence electrons. The van der Waals surface area contributed by atoms with Gasteiger partial charge in [-0.3, -0.25) is 9.89 Å². The van der Waals surface area contributed by atoms with E-state index in [0.29, 0.717) is 18.7 Å². The number of rotatable bonds is 8. The predicted molar refractivity (Wildman–Crippen MR) is 76.8 cm³/mol. The van der Waals surface area contributed by atoms with Crippen LogP contribution in [0.25, 0.3) is 0 Å². The normalized spacial score (nSPS) is 11.5. The first kappa shape index (κ1) is 16.4. The lowest BCUT2D eigenvalue weighted by molar-refractivity contribution is 0.0949. The molecule has 9 heteroatoms. The first-order valence-electron chi connectivity index (χ1n) is 6.40. The molecule has 1 heterocycles. The Morgan fingerprint density at radius 2 is 2.10 bits per heavy atom. The molecule has 20 heavy (non-hydrogen) atoms. The summed E-state index contributed by atoms with van der Waals surface area (Å²) in [6, 6.07) is 0. The van der Waals surface area contributed by atoms with Crippen LogP contribution >= 0.6 is 0 Å². The summed E-state index contributed by atoms with van der Waals surface area (Å²) in [6.07, 6.45) is 3.23. The van der Waals surface area contributed by atoms with Gasteiger partial charge in [-0.2, -0.15) is 5.10 Å². The van der Waals surface area contributed by atoms with Crippen molar-refractivity contribution in [1.29, 1.82) is 0 Å². The highest BCUT2D eigenvalue weighted by molar-refractivity contribution is 7.88. The van der Waals surface area contributed by atoms with Crippen LogP contribution in [0.4, 0.5) is 5.69 Å². The molecule has 0 aliphatic rings. The van der Waals surface area contributed by atoms with Crippen LogP contribution in [0.2, 0.25) is 0 Å². The third-order valence-electron chi connectivity index (χ3n) is 2.60. The molecule has 0 saturated carbocycles. The second-order valence-corrected chi connectivity index (χ2v) is 6.32. The summed E-state index contributed by atoms with van der Waals surface area (Å²) in [5.41, 5.74) is 7.15. The van der Waals surface area contributed by atoms with E-state index in [9.17, 15) is 13.2 Å². The predicted octanol–water partition coefficient (Wildman–Crippen LogP) is -0.386. The van der Waals surface area contributed by atoms with Crippen LogP contribution in [-0.4, -0.2) is 43.9 Å². The zero-order chi connectivity index (χ0) is 15.2. The number of anilines is 1. The van der Waals surface area contributed by atoms with Gasteiger partial charge in [0.1, 0.15) is 0 Å². The highest BCUT2D eigenvalue weighted by Gasteiger charge is 2.16. The lowest BCUT2D eigenvalue weighted by Crippen LogP contribution is -2.29. The molecule has 1 amide bonds. The SMILES string of the molecule is CCCc1[nH]nc(C(=O)NCCCNS(C)(=O)=O)c1N. The van der Waals surface area contributed by atoms with Crippen molar-refractivity contribution < 1.29 is 13.2 Å². The molecule has 5 N–H and O–H groups in total. The minimum absolute atomic E-state index is 0.185. The fourth-order valence-electron chi connectivity index (χ4n) is 1.63. The van der Waals surface area contributed by atoms with E-state index < -0.39 is 10.0 Å². The second kappa shape index (κ2) is 7.25. The smallest absolute Gasteiger partial charge is 0.273 e. The minimum atomic E-state index is -3.19. The van der Waals surface area contributed by atoms with Gasteiger partial charge in [-0.05, 0) is 12.8 Å². The highest BCUT2D eigenvalue weighted by atomic mass is 32.2. The van der Waals surface area contributed by atoms with Gasteiger partial charge in [0, 0.05) is 13.1 Å². The number of aryl methyl sites for hydroxylation is 1. The number of aromatic amines is 1. The maximum Gasteiger partial charge on any atom is 0.273 e.